The average Bonchev–Trinajstić information content (AvgIpc) is 2.87. The van der Waals surface area contributed by atoms with E-state index >= 15 is 0 Å². The third kappa shape index (κ3) is 3.56. The molecule has 5 heteroatoms. The summed E-state index contributed by atoms with van der Waals surface area (Å²) in [4.78, 5) is 19.1. The predicted octanol–water partition coefficient (Wildman–Crippen LogP) is 1.35. The van der Waals surface area contributed by atoms with Gasteiger partial charge in [0, 0.05) is 12.4 Å². The summed E-state index contributed by atoms with van der Waals surface area (Å²) in [6.45, 7) is 6.02. The molecule has 1 amide bonds. The molecule has 1 aromatic heterocycles. The molecule has 1 aromatic rings. The molecule has 3 atom stereocenters. The van der Waals surface area contributed by atoms with Crippen molar-refractivity contribution in [1.82, 2.24) is 15.3 Å². The molecular weight excluding hydrogens is 216 g/mol. The van der Waals surface area contributed by atoms with E-state index in [4.69, 9.17) is 5.73 Å². The molecule has 5 nitrogen and oxygen atoms in total. The van der Waals surface area contributed by atoms with E-state index in [0.29, 0.717) is 0 Å². The maximum atomic E-state index is 11.9. The Morgan fingerprint density at radius 2 is 2.24 bits per heavy atom. The fraction of sp³-hybridized carbons (Fsp3) is 0.667. The zero-order valence-electron chi connectivity index (χ0n) is 10.7. The van der Waals surface area contributed by atoms with E-state index in [1.807, 2.05) is 20.8 Å². The molecule has 17 heavy (non-hydrogen) atoms. The third-order valence-corrected chi connectivity index (χ3v) is 3.13. The van der Waals surface area contributed by atoms with Crippen molar-refractivity contribution in [3.63, 3.8) is 0 Å². The van der Waals surface area contributed by atoms with E-state index < -0.39 is 6.04 Å². The summed E-state index contributed by atoms with van der Waals surface area (Å²) in [6, 6.07) is -0.545. The predicted molar refractivity (Wildman–Crippen MR) is 67.2 cm³/mol. The zero-order chi connectivity index (χ0) is 12.8. The van der Waals surface area contributed by atoms with Crippen molar-refractivity contribution in [2.24, 2.45) is 11.7 Å². The van der Waals surface area contributed by atoms with Gasteiger partial charge in [-0.25, -0.2) is 4.98 Å². The van der Waals surface area contributed by atoms with Crippen LogP contribution in [0, 0.1) is 5.92 Å². The minimum absolute atomic E-state index is 0.0902. The Hall–Kier alpha value is -1.36. The molecule has 0 radical (unpaired) electrons. The van der Waals surface area contributed by atoms with Crippen molar-refractivity contribution in [3.05, 3.63) is 18.2 Å². The number of carbonyl (C=O) groups excluding carboxylic acids is 1. The molecular formula is C12H22N4O. The maximum Gasteiger partial charge on any atom is 0.237 e. The Balaban J connectivity index is 2.60. The van der Waals surface area contributed by atoms with E-state index in [2.05, 4.69) is 15.3 Å². The van der Waals surface area contributed by atoms with Gasteiger partial charge in [0.05, 0.1) is 12.1 Å². The highest BCUT2D eigenvalue weighted by atomic mass is 16.2. The lowest BCUT2D eigenvalue weighted by molar-refractivity contribution is -0.124. The monoisotopic (exact) mass is 238 g/mol. The lowest BCUT2D eigenvalue weighted by Gasteiger charge is -2.21. The topological polar surface area (TPSA) is 83.8 Å². The fourth-order valence-corrected chi connectivity index (χ4v) is 1.61. The number of hydrogen-bond acceptors (Lipinski definition) is 3. The van der Waals surface area contributed by atoms with Crippen molar-refractivity contribution in [1.29, 1.82) is 0 Å². The van der Waals surface area contributed by atoms with Crippen molar-refractivity contribution in [2.75, 3.05) is 0 Å². The normalized spacial score (nSPS) is 16.2. The minimum Gasteiger partial charge on any atom is -0.347 e. The van der Waals surface area contributed by atoms with Gasteiger partial charge in [-0.15, -0.1) is 0 Å². The van der Waals surface area contributed by atoms with Crippen molar-refractivity contribution in [3.8, 4) is 0 Å². The SMILES string of the molecule is CCC(NC(=O)[C@@H](N)C(C)CC)c1ncc[nH]1. The molecule has 4 N–H and O–H groups in total. The van der Waals surface area contributed by atoms with E-state index in [0.717, 1.165) is 18.7 Å². The Bertz CT molecular complexity index is 336. The van der Waals surface area contributed by atoms with Gasteiger partial charge in [-0.05, 0) is 12.3 Å². The Labute approximate surface area is 102 Å². The van der Waals surface area contributed by atoms with Crippen LogP contribution in [0.15, 0.2) is 12.4 Å². The van der Waals surface area contributed by atoms with Crippen LogP contribution >= 0.6 is 0 Å². The zero-order valence-corrected chi connectivity index (χ0v) is 10.7. The number of nitrogens with zero attached hydrogens (tertiary/aromatic N) is 1. The molecule has 0 bridgehead atoms. The van der Waals surface area contributed by atoms with E-state index in [1.54, 1.807) is 12.4 Å². The first-order chi connectivity index (χ1) is 8.10. The van der Waals surface area contributed by atoms with Crippen LogP contribution in [0.2, 0.25) is 0 Å². The summed E-state index contributed by atoms with van der Waals surface area (Å²) in [7, 11) is 0. The first-order valence-electron chi connectivity index (χ1n) is 6.15. The molecule has 0 spiro atoms. The number of carbonyl (C=O) groups is 1. The van der Waals surface area contributed by atoms with Gasteiger partial charge in [-0.1, -0.05) is 27.2 Å². The van der Waals surface area contributed by atoms with Crippen LogP contribution in [0.1, 0.15) is 45.5 Å². The number of aromatic amines is 1. The molecule has 0 aliphatic rings. The fourth-order valence-electron chi connectivity index (χ4n) is 1.61. The summed E-state index contributed by atoms with van der Waals surface area (Å²) < 4.78 is 0. The van der Waals surface area contributed by atoms with Gasteiger partial charge >= 0.3 is 0 Å². The second-order valence-electron chi connectivity index (χ2n) is 4.36. The van der Waals surface area contributed by atoms with Gasteiger partial charge in [0.1, 0.15) is 5.82 Å². The first-order valence-corrected chi connectivity index (χ1v) is 6.15. The molecule has 0 aliphatic carbocycles. The van der Waals surface area contributed by atoms with Crippen molar-refractivity contribution in [2.45, 2.75) is 45.7 Å². The van der Waals surface area contributed by atoms with Crippen LogP contribution in [0.3, 0.4) is 0 Å². The number of nitrogens with two attached hydrogens (primary N) is 1. The average molecular weight is 238 g/mol. The Kier molecular flexibility index (Phi) is 5.15. The molecule has 0 aromatic carbocycles. The molecule has 0 saturated heterocycles. The number of imidazole rings is 1. The van der Waals surface area contributed by atoms with Gasteiger partial charge < -0.3 is 16.0 Å². The van der Waals surface area contributed by atoms with Crippen molar-refractivity contribution >= 4 is 5.91 Å². The van der Waals surface area contributed by atoms with Gasteiger partial charge in [0.2, 0.25) is 5.91 Å². The second-order valence-corrected chi connectivity index (χ2v) is 4.36. The highest BCUT2D eigenvalue weighted by Crippen LogP contribution is 2.13. The van der Waals surface area contributed by atoms with Crippen LogP contribution in [-0.2, 0) is 4.79 Å². The summed E-state index contributed by atoms with van der Waals surface area (Å²) >= 11 is 0. The smallest absolute Gasteiger partial charge is 0.237 e. The molecule has 0 fully saturated rings. The summed E-state index contributed by atoms with van der Waals surface area (Å²) in [6.07, 6.45) is 5.11. The van der Waals surface area contributed by atoms with Crippen molar-refractivity contribution < 1.29 is 4.79 Å². The standard InChI is InChI=1S/C12H22N4O/c1-4-8(3)10(13)12(17)16-9(5-2)11-14-6-7-15-11/h6-10H,4-5,13H2,1-3H3,(H,14,15)(H,16,17)/t8?,9?,10-/m0/s1. The molecule has 1 heterocycles. The number of nitrogens with one attached hydrogen (secondary N) is 2. The minimum atomic E-state index is -0.455. The third-order valence-electron chi connectivity index (χ3n) is 3.13. The number of H-pyrrole nitrogens is 1. The van der Waals surface area contributed by atoms with Crippen LogP contribution in [-0.4, -0.2) is 21.9 Å². The van der Waals surface area contributed by atoms with Crippen LogP contribution in [0.4, 0.5) is 0 Å². The van der Waals surface area contributed by atoms with Crippen LogP contribution in [0.25, 0.3) is 0 Å². The van der Waals surface area contributed by atoms with E-state index in [9.17, 15) is 4.79 Å². The largest absolute Gasteiger partial charge is 0.347 e. The van der Waals surface area contributed by atoms with Crippen LogP contribution in [0.5, 0.6) is 0 Å². The lowest BCUT2D eigenvalue weighted by atomic mass is 9.99. The highest BCUT2D eigenvalue weighted by Gasteiger charge is 2.22. The maximum absolute atomic E-state index is 11.9. The molecule has 0 saturated carbocycles. The number of amides is 1. The molecule has 0 aliphatic heterocycles. The summed E-state index contributed by atoms with van der Waals surface area (Å²) in [5.41, 5.74) is 5.88. The number of aromatic nitrogens is 2. The molecule has 96 valence electrons. The second kappa shape index (κ2) is 6.39. The van der Waals surface area contributed by atoms with E-state index in [1.165, 1.54) is 0 Å². The Morgan fingerprint density at radius 3 is 2.71 bits per heavy atom. The van der Waals surface area contributed by atoms with Gasteiger partial charge in [0.15, 0.2) is 0 Å². The first kappa shape index (κ1) is 13.7. The van der Waals surface area contributed by atoms with Gasteiger partial charge in [-0.3, -0.25) is 4.79 Å². The summed E-state index contributed by atoms with van der Waals surface area (Å²) in [5, 5.41) is 2.93. The van der Waals surface area contributed by atoms with Crippen LogP contribution < -0.4 is 11.1 Å². The van der Waals surface area contributed by atoms with E-state index in [-0.39, 0.29) is 17.9 Å². The lowest BCUT2D eigenvalue weighted by Crippen LogP contribution is -2.45. The molecule has 2 unspecified atom stereocenters. The quantitative estimate of drug-likeness (QED) is 0.699. The summed E-state index contributed by atoms with van der Waals surface area (Å²) in [5.74, 6) is 0.851. The Morgan fingerprint density at radius 1 is 1.53 bits per heavy atom. The number of rotatable bonds is 6. The number of hydrogen-bond donors (Lipinski definition) is 3. The molecule has 1 rings (SSSR count). The van der Waals surface area contributed by atoms with Gasteiger partial charge in [0.25, 0.3) is 0 Å². The highest BCUT2D eigenvalue weighted by molar-refractivity contribution is 5.82. The van der Waals surface area contributed by atoms with Gasteiger partial charge in [-0.2, -0.15) is 0 Å².